The number of carbonyl (C=O) groups is 1. The van der Waals surface area contributed by atoms with Gasteiger partial charge in [0.25, 0.3) is 5.91 Å². The van der Waals surface area contributed by atoms with Crippen LogP contribution in [-0.4, -0.2) is 26.9 Å². The molecule has 1 aliphatic rings. The van der Waals surface area contributed by atoms with E-state index in [1.165, 1.54) is 11.6 Å². The minimum atomic E-state index is -3.56. The van der Waals surface area contributed by atoms with Gasteiger partial charge < -0.3 is 5.32 Å². The smallest absolute Gasteiger partial charge is 0.251 e. The van der Waals surface area contributed by atoms with Gasteiger partial charge in [-0.2, -0.15) is 0 Å². The predicted octanol–water partition coefficient (Wildman–Crippen LogP) is 3.19. The molecule has 1 fully saturated rings. The molecule has 0 radical (unpaired) electrons. The molecular weight excluding hydrogens is 360 g/mol. The molecule has 0 atom stereocenters. The minimum absolute atomic E-state index is 0.0400. The van der Waals surface area contributed by atoms with Crippen LogP contribution in [0.3, 0.4) is 0 Å². The normalized spacial score (nSPS) is 14.1. The molecule has 2 aromatic carbocycles. The molecule has 1 amide bonds. The summed E-state index contributed by atoms with van der Waals surface area (Å²) in [5.74, 6) is -0.226. The Bertz CT molecular complexity index is 891. The molecule has 0 spiro atoms. The van der Waals surface area contributed by atoms with E-state index in [0.717, 1.165) is 37.7 Å². The maximum Gasteiger partial charge on any atom is 0.251 e. The minimum Gasteiger partial charge on any atom is -0.352 e. The molecule has 0 heterocycles. The van der Waals surface area contributed by atoms with Crippen molar-refractivity contribution in [2.75, 3.05) is 6.54 Å². The summed E-state index contributed by atoms with van der Waals surface area (Å²) in [6, 6.07) is 15.0. The van der Waals surface area contributed by atoms with Crippen molar-refractivity contribution in [3.8, 4) is 0 Å². The number of nitrogens with one attached hydrogen (secondary N) is 2. The summed E-state index contributed by atoms with van der Waals surface area (Å²) >= 11 is 0. The van der Waals surface area contributed by atoms with Crippen LogP contribution in [-0.2, 0) is 16.4 Å². The molecule has 0 bridgehead atoms. The van der Waals surface area contributed by atoms with Crippen LogP contribution in [0.2, 0.25) is 0 Å². The highest BCUT2D eigenvalue weighted by molar-refractivity contribution is 7.89. The highest BCUT2D eigenvalue weighted by Gasteiger charge is 2.28. The highest BCUT2D eigenvalue weighted by Crippen LogP contribution is 2.23. The van der Waals surface area contributed by atoms with Gasteiger partial charge in [-0.25, -0.2) is 13.1 Å². The van der Waals surface area contributed by atoms with Gasteiger partial charge in [0.2, 0.25) is 10.0 Å². The first-order valence-electron chi connectivity index (χ1n) is 9.41. The van der Waals surface area contributed by atoms with Crippen LogP contribution < -0.4 is 10.0 Å². The summed E-state index contributed by atoms with van der Waals surface area (Å²) in [5, 5.41) is 2.90. The largest absolute Gasteiger partial charge is 0.352 e. The molecule has 0 aromatic heterocycles. The fourth-order valence-electron chi connectivity index (χ4n) is 2.90. The lowest BCUT2D eigenvalue weighted by Gasteiger charge is -2.11. The van der Waals surface area contributed by atoms with Crippen LogP contribution >= 0.6 is 0 Å². The maximum atomic E-state index is 12.5. The quantitative estimate of drug-likeness (QED) is 0.650. The van der Waals surface area contributed by atoms with Crippen LogP contribution in [0.25, 0.3) is 0 Å². The number of hydrogen-bond acceptors (Lipinski definition) is 3. The van der Waals surface area contributed by atoms with E-state index >= 15 is 0 Å². The van der Waals surface area contributed by atoms with E-state index in [1.54, 1.807) is 12.1 Å². The first-order chi connectivity index (χ1) is 13.0. The summed E-state index contributed by atoms with van der Waals surface area (Å²) < 4.78 is 27.4. The zero-order valence-corrected chi connectivity index (χ0v) is 16.4. The SMILES string of the molecule is Cc1ccc(S(=O)(=O)NC2CC2)cc1C(=O)NCCCCc1ccccc1. The topological polar surface area (TPSA) is 75.3 Å². The molecule has 0 saturated heterocycles. The van der Waals surface area contributed by atoms with E-state index in [2.05, 4.69) is 22.2 Å². The van der Waals surface area contributed by atoms with Crippen molar-refractivity contribution < 1.29 is 13.2 Å². The van der Waals surface area contributed by atoms with Crippen molar-refractivity contribution in [1.82, 2.24) is 10.0 Å². The first kappa shape index (κ1) is 19.6. The Balaban J connectivity index is 1.53. The monoisotopic (exact) mass is 386 g/mol. The van der Waals surface area contributed by atoms with Gasteiger partial charge in [-0.3, -0.25) is 4.79 Å². The third-order valence-corrected chi connectivity index (χ3v) is 6.20. The molecule has 27 heavy (non-hydrogen) atoms. The molecule has 144 valence electrons. The number of hydrogen-bond donors (Lipinski definition) is 2. The highest BCUT2D eigenvalue weighted by atomic mass is 32.2. The van der Waals surface area contributed by atoms with Gasteiger partial charge in [0.1, 0.15) is 0 Å². The van der Waals surface area contributed by atoms with Crippen LogP contribution in [0.15, 0.2) is 53.4 Å². The number of amides is 1. The third-order valence-electron chi connectivity index (χ3n) is 4.68. The Hall–Kier alpha value is -2.18. The molecule has 3 rings (SSSR count). The molecular formula is C21H26N2O3S. The molecule has 6 heteroatoms. The van der Waals surface area contributed by atoms with E-state index in [9.17, 15) is 13.2 Å². The van der Waals surface area contributed by atoms with E-state index in [1.807, 2.05) is 25.1 Å². The van der Waals surface area contributed by atoms with Gasteiger partial charge in [-0.05, 0) is 62.3 Å². The summed E-state index contributed by atoms with van der Waals surface area (Å²) in [6.45, 7) is 2.39. The second-order valence-corrected chi connectivity index (χ2v) is 8.78. The number of unbranched alkanes of at least 4 members (excludes halogenated alkanes) is 1. The lowest BCUT2D eigenvalue weighted by molar-refractivity contribution is 0.0952. The zero-order valence-electron chi connectivity index (χ0n) is 15.6. The van der Waals surface area contributed by atoms with Gasteiger partial charge in [0.15, 0.2) is 0 Å². The summed E-state index contributed by atoms with van der Waals surface area (Å²) in [4.78, 5) is 12.6. The Kier molecular flexibility index (Phi) is 6.29. The molecule has 2 N–H and O–H groups in total. The fraction of sp³-hybridized carbons (Fsp3) is 0.381. The average molecular weight is 387 g/mol. The summed E-state index contributed by atoms with van der Waals surface area (Å²) in [5.41, 5.74) is 2.47. The summed E-state index contributed by atoms with van der Waals surface area (Å²) in [6.07, 6.45) is 4.60. The number of benzene rings is 2. The first-order valence-corrected chi connectivity index (χ1v) is 10.9. The number of sulfonamides is 1. The molecule has 0 unspecified atom stereocenters. The van der Waals surface area contributed by atoms with E-state index in [-0.39, 0.29) is 16.8 Å². The van der Waals surface area contributed by atoms with Crippen LogP contribution in [0.4, 0.5) is 0 Å². The van der Waals surface area contributed by atoms with Crippen molar-refractivity contribution in [3.05, 3.63) is 65.2 Å². The second kappa shape index (κ2) is 8.67. The lowest BCUT2D eigenvalue weighted by atomic mass is 10.1. The van der Waals surface area contributed by atoms with Crippen molar-refractivity contribution in [1.29, 1.82) is 0 Å². The van der Waals surface area contributed by atoms with Crippen molar-refractivity contribution in [2.45, 2.75) is 50.0 Å². The van der Waals surface area contributed by atoms with Gasteiger partial charge in [-0.1, -0.05) is 36.4 Å². The predicted molar refractivity (Wildman–Crippen MR) is 106 cm³/mol. The van der Waals surface area contributed by atoms with E-state index < -0.39 is 10.0 Å². The fourth-order valence-corrected chi connectivity index (χ4v) is 4.23. The van der Waals surface area contributed by atoms with Crippen molar-refractivity contribution in [2.24, 2.45) is 0 Å². The van der Waals surface area contributed by atoms with Gasteiger partial charge in [0.05, 0.1) is 4.90 Å². The molecule has 1 saturated carbocycles. The van der Waals surface area contributed by atoms with E-state index in [0.29, 0.717) is 12.1 Å². The molecule has 1 aliphatic carbocycles. The Morgan fingerprint density at radius 3 is 2.52 bits per heavy atom. The van der Waals surface area contributed by atoms with Crippen LogP contribution in [0, 0.1) is 6.92 Å². The maximum absolute atomic E-state index is 12.5. The Morgan fingerprint density at radius 2 is 1.81 bits per heavy atom. The van der Waals surface area contributed by atoms with Gasteiger partial charge in [-0.15, -0.1) is 0 Å². The second-order valence-electron chi connectivity index (χ2n) is 7.07. The third kappa shape index (κ3) is 5.65. The van der Waals surface area contributed by atoms with Crippen molar-refractivity contribution in [3.63, 3.8) is 0 Å². The number of rotatable bonds is 9. The van der Waals surface area contributed by atoms with Gasteiger partial charge in [0, 0.05) is 18.2 Å². The Morgan fingerprint density at radius 1 is 1.07 bits per heavy atom. The zero-order chi connectivity index (χ0) is 19.3. The molecule has 5 nitrogen and oxygen atoms in total. The van der Waals surface area contributed by atoms with Crippen LogP contribution in [0.1, 0.15) is 47.2 Å². The molecule has 2 aromatic rings. The standard InChI is InChI=1S/C21H26N2O3S/c1-16-10-13-19(27(25,26)23-18-11-12-18)15-20(16)21(24)22-14-6-5-9-17-7-3-2-4-8-17/h2-4,7-8,10,13,15,18,23H,5-6,9,11-12,14H2,1H3,(H,22,24). The lowest BCUT2D eigenvalue weighted by Crippen LogP contribution is -2.28. The Labute approximate surface area is 161 Å². The average Bonchev–Trinajstić information content (AvgIpc) is 3.45. The number of aryl methyl sites for hydroxylation is 2. The molecule has 0 aliphatic heterocycles. The summed E-state index contributed by atoms with van der Waals surface area (Å²) in [7, 11) is -3.56. The number of carbonyl (C=O) groups excluding carboxylic acids is 1. The van der Waals surface area contributed by atoms with Crippen LogP contribution in [0.5, 0.6) is 0 Å². The van der Waals surface area contributed by atoms with Gasteiger partial charge >= 0.3 is 0 Å². The van der Waals surface area contributed by atoms with Crippen molar-refractivity contribution >= 4 is 15.9 Å². The van der Waals surface area contributed by atoms with E-state index in [4.69, 9.17) is 0 Å².